The van der Waals surface area contributed by atoms with Crippen LogP contribution in [0, 0.1) is 0 Å². The first-order chi connectivity index (χ1) is 18.5. The zero-order chi connectivity index (χ0) is 30.5. The number of hydrogen-bond acceptors (Lipinski definition) is 4. The second kappa shape index (κ2) is 29.5. The van der Waals surface area contributed by atoms with Gasteiger partial charge >= 0.3 is 0 Å². The number of hydrogen-bond donors (Lipinski definition) is 0. The molecule has 0 rings (SSSR count). The average Bonchev–Trinajstić information content (AvgIpc) is 2.93. The lowest BCUT2D eigenvalue weighted by atomic mass is 10.1. The van der Waals surface area contributed by atoms with E-state index >= 15 is 0 Å². The molecule has 0 N–H and O–H groups in total. The standard InChI is InChI=1S/2C14H32N.C4H11O4P/c2*1-5-9-10-11-12-13-14-15(6-2,7-3)8-4;1-2-3-4-8-9(5,6)7/h2*5-14H2,1-4H3;2-4H2,1H3,(H2,5,6,7)/q2*+1;/p-2. The summed E-state index contributed by atoms with van der Waals surface area (Å²) in [5.74, 6) is 0. The molecule has 0 aliphatic carbocycles. The fraction of sp³-hybridized carbons (Fsp3) is 1.00. The Kier molecular flexibility index (Phi) is 32.9. The van der Waals surface area contributed by atoms with Crippen LogP contribution in [0.2, 0.25) is 0 Å². The predicted octanol–water partition coefficient (Wildman–Crippen LogP) is 8.08. The quantitative estimate of drug-likeness (QED) is 0.0657. The first kappa shape index (κ1) is 43.5. The number of phosphoric ester groups is 1. The molecule has 7 heteroatoms. The topological polar surface area (TPSA) is 72.4 Å². The van der Waals surface area contributed by atoms with Crippen molar-refractivity contribution in [3.8, 4) is 0 Å². The van der Waals surface area contributed by atoms with Crippen LogP contribution in [-0.2, 0) is 9.09 Å². The molecule has 0 aliphatic heterocycles. The largest absolute Gasteiger partial charge is 0.790 e. The number of phosphoric acid groups is 1. The highest BCUT2D eigenvalue weighted by atomic mass is 31.2. The van der Waals surface area contributed by atoms with Crippen LogP contribution in [0.1, 0.15) is 152 Å². The van der Waals surface area contributed by atoms with Gasteiger partial charge in [-0.2, -0.15) is 0 Å². The van der Waals surface area contributed by atoms with E-state index in [9.17, 15) is 14.4 Å². The first-order valence-corrected chi connectivity index (χ1v) is 18.4. The van der Waals surface area contributed by atoms with E-state index in [-0.39, 0.29) is 6.61 Å². The van der Waals surface area contributed by atoms with Gasteiger partial charge in [-0.3, -0.25) is 0 Å². The molecule has 0 fully saturated rings. The third-order valence-corrected chi connectivity index (χ3v) is 9.24. The van der Waals surface area contributed by atoms with Crippen molar-refractivity contribution in [2.45, 2.75) is 152 Å². The Hall–Kier alpha value is 0.0300. The molecule has 0 aromatic rings. The average molecular weight is 581 g/mol. The van der Waals surface area contributed by atoms with Crippen molar-refractivity contribution < 1.29 is 27.8 Å². The van der Waals surface area contributed by atoms with E-state index in [2.05, 4.69) is 59.9 Å². The van der Waals surface area contributed by atoms with Gasteiger partial charge in [0, 0.05) is 0 Å². The predicted molar refractivity (Wildman–Crippen MR) is 169 cm³/mol. The molecule has 240 valence electrons. The second-order valence-electron chi connectivity index (χ2n) is 11.2. The molecule has 0 spiro atoms. The molecule has 0 bridgehead atoms. The van der Waals surface area contributed by atoms with Crippen LogP contribution in [0.4, 0.5) is 0 Å². The summed E-state index contributed by atoms with van der Waals surface area (Å²) in [5, 5.41) is 0. The number of rotatable bonds is 24. The zero-order valence-corrected chi connectivity index (χ0v) is 29.1. The summed E-state index contributed by atoms with van der Waals surface area (Å²) in [6, 6.07) is 0. The Balaban J connectivity index is -0.000000516. The van der Waals surface area contributed by atoms with Gasteiger partial charge < -0.3 is 27.8 Å². The Morgan fingerprint density at radius 3 is 1.00 bits per heavy atom. The maximum absolute atomic E-state index is 9.76. The molecule has 0 atom stereocenters. The molecule has 0 amide bonds. The van der Waals surface area contributed by atoms with Crippen LogP contribution >= 0.6 is 7.82 Å². The molecule has 6 nitrogen and oxygen atoms in total. The Bertz CT molecular complexity index is 472. The number of nitrogens with zero attached hydrogens (tertiary/aromatic N) is 2. The highest BCUT2D eigenvalue weighted by Gasteiger charge is 2.20. The molecular formula is C32H73N2O4P. The van der Waals surface area contributed by atoms with Gasteiger partial charge in [-0.1, -0.05) is 78.6 Å². The molecule has 0 saturated heterocycles. The Morgan fingerprint density at radius 1 is 0.462 bits per heavy atom. The van der Waals surface area contributed by atoms with E-state index in [4.69, 9.17) is 0 Å². The van der Waals surface area contributed by atoms with Gasteiger partial charge in [0.05, 0.1) is 66.8 Å². The summed E-state index contributed by atoms with van der Waals surface area (Å²) in [6.45, 7) is 31.1. The van der Waals surface area contributed by atoms with Gasteiger partial charge in [-0.25, -0.2) is 0 Å². The van der Waals surface area contributed by atoms with E-state index in [1.54, 1.807) is 0 Å². The van der Waals surface area contributed by atoms with Crippen LogP contribution < -0.4 is 9.79 Å². The minimum Gasteiger partial charge on any atom is -0.790 e. The van der Waals surface area contributed by atoms with Crippen molar-refractivity contribution in [2.75, 3.05) is 59.0 Å². The molecule has 0 aromatic carbocycles. The van der Waals surface area contributed by atoms with E-state index in [0.717, 1.165) is 6.42 Å². The fourth-order valence-corrected chi connectivity index (χ4v) is 5.42. The van der Waals surface area contributed by atoms with Crippen LogP contribution in [-0.4, -0.2) is 67.9 Å². The van der Waals surface area contributed by atoms with E-state index in [0.29, 0.717) is 6.42 Å². The number of quaternary nitrogens is 2. The SMILES string of the molecule is CCCCCCCC[N+](CC)(CC)CC.CCCCCCCC[N+](CC)(CC)CC.CCCCOP(=O)([O-])[O-]. The van der Waals surface area contributed by atoms with Crippen LogP contribution in [0.15, 0.2) is 0 Å². The van der Waals surface area contributed by atoms with E-state index in [1.807, 2.05) is 6.92 Å². The normalized spacial score (nSPS) is 12.0. The maximum atomic E-state index is 9.76. The lowest BCUT2D eigenvalue weighted by Crippen LogP contribution is -2.48. The van der Waals surface area contributed by atoms with Crippen molar-refractivity contribution >= 4 is 7.82 Å². The lowest BCUT2D eigenvalue weighted by Gasteiger charge is -2.35. The van der Waals surface area contributed by atoms with Crippen molar-refractivity contribution in [2.24, 2.45) is 0 Å². The van der Waals surface area contributed by atoms with Gasteiger partial charge in [-0.05, 0) is 73.6 Å². The van der Waals surface area contributed by atoms with Gasteiger partial charge in [0.15, 0.2) is 0 Å². The highest BCUT2D eigenvalue weighted by Crippen LogP contribution is 2.24. The van der Waals surface area contributed by atoms with Crippen LogP contribution in [0.5, 0.6) is 0 Å². The third-order valence-electron chi connectivity index (χ3n) is 8.74. The summed E-state index contributed by atoms with van der Waals surface area (Å²) in [5.41, 5.74) is 0. The maximum Gasteiger partial charge on any atom is 0.0786 e. The van der Waals surface area contributed by atoms with Gasteiger partial charge in [0.25, 0.3) is 0 Å². The van der Waals surface area contributed by atoms with E-state index in [1.165, 1.54) is 138 Å². The van der Waals surface area contributed by atoms with Crippen molar-refractivity contribution in [3.05, 3.63) is 0 Å². The first-order valence-electron chi connectivity index (χ1n) is 16.9. The molecule has 39 heavy (non-hydrogen) atoms. The summed E-state index contributed by atoms with van der Waals surface area (Å²) in [6.07, 6.45) is 18.5. The molecule has 0 radical (unpaired) electrons. The zero-order valence-electron chi connectivity index (χ0n) is 28.2. The minimum atomic E-state index is -4.70. The van der Waals surface area contributed by atoms with Gasteiger partial charge in [0.1, 0.15) is 0 Å². The van der Waals surface area contributed by atoms with Crippen molar-refractivity contribution in [1.82, 2.24) is 0 Å². The Morgan fingerprint density at radius 2 is 0.744 bits per heavy atom. The van der Waals surface area contributed by atoms with E-state index < -0.39 is 7.82 Å². The van der Waals surface area contributed by atoms with Crippen LogP contribution in [0.3, 0.4) is 0 Å². The molecule has 0 saturated carbocycles. The Labute approximate surface area is 246 Å². The smallest absolute Gasteiger partial charge is 0.0786 e. The lowest BCUT2D eigenvalue weighted by molar-refractivity contribution is -0.923. The summed E-state index contributed by atoms with van der Waals surface area (Å²) < 4.78 is 16.3. The molecule has 0 aliphatic rings. The molecule has 0 aromatic heterocycles. The monoisotopic (exact) mass is 581 g/mol. The van der Waals surface area contributed by atoms with Crippen molar-refractivity contribution in [3.63, 3.8) is 0 Å². The second-order valence-corrected chi connectivity index (χ2v) is 12.4. The molecule has 0 heterocycles. The summed E-state index contributed by atoms with van der Waals surface area (Å²) >= 11 is 0. The summed E-state index contributed by atoms with van der Waals surface area (Å²) in [4.78, 5) is 19.5. The van der Waals surface area contributed by atoms with Gasteiger partial charge in [-0.15, -0.1) is 0 Å². The highest BCUT2D eigenvalue weighted by molar-refractivity contribution is 7.43. The van der Waals surface area contributed by atoms with Gasteiger partial charge in [0.2, 0.25) is 0 Å². The van der Waals surface area contributed by atoms with Crippen molar-refractivity contribution in [1.29, 1.82) is 0 Å². The number of unbranched alkanes of at least 4 members (excludes halogenated alkanes) is 11. The minimum absolute atomic E-state index is 0.0147. The molecule has 0 unspecified atom stereocenters. The fourth-order valence-electron chi connectivity index (χ4n) is 5.07. The summed E-state index contributed by atoms with van der Waals surface area (Å²) in [7, 11) is -4.70. The third kappa shape index (κ3) is 27.9. The van der Waals surface area contributed by atoms with Crippen LogP contribution in [0.25, 0.3) is 0 Å². The molecular weight excluding hydrogens is 507 g/mol.